The first-order valence-corrected chi connectivity index (χ1v) is 13.0. The molecule has 1 heterocycles. The van der Waals surface area contributed by atoms with Crippen molar-refractivity contribution in [3.05, 3.63) is 65.7 Å². The summed E-state index contributed by atoms with van der Waals surface area (Å²) in [7, 11) is -2.18. The van der Waals surface area contributed by atoms with Gasteiger partial charge in [0.15, 0.2) is 16.6 Å². The van der Waals surface area contributed by atoms with E-state index in [2.05, 4.69) is 28.9 Å². The van der Waals surface area contributed by atoms with Gasteiger partial charge in [0, 0.05) is 23.3 Å². The minimum atomic E-state index is -3.75. The van der Waals surface area contributed by atoms with Crippen LogP contribution in [-0.4, -0.2) is 33.0 Å². The first kappa shape index (κ1) is 25.3. The molecule has 180 valence electrons. The summed E-state index contributed by atoms with van der Waals surface area (Å²) in [6.07, 6.45) is 5.51. The van der Waals surface area contributed by atoms with E-state index >= 15 is 0 Å². The van der Waals surface area contributed by atoms with E-state index in [1.807, 2.05) is 12.1 Å². The van der Waals surface area contributed by atoms with Gasteiger partial charge in [-0.2, -0.15) is 0 Å². The molecule has 0 unspecified atom stereocenters. The maximum atomic E-state index is 12.4. The van der Waals surface area contributed by atoms with E-state index in [1.165, 1.54) is 47.9 Å². The largest absolute Gasteiger partial charge is 0.493 e. The monoisotopic (exact) mass is 501 g/mol. The Hall–Kier alpha value is -3.37. The number of aromatic nitrogens is 1. The first-order valence-electron chi connectivity index (χ1n) is 10.6. The van der Waals surface area contributed by atoms with E-state index in [-0.39, 0.29) is 15.9 Å². The molecule has 0 saturated carbocycles. The number of hydrogen-bond acceptors (Lipinski definition) is 7. The zero-order chi connectivity index (χ0) is 24.6. The average molecular weight is 502 g/mol. The first-order chi connectivity index (χ1) is 16.3. The number of benzene rings is 2. The van der Waals surface area contributed by atoms with Gasteiger partial charge in [0.05, 0.1) is 18.6 Å². The predicted octanol–water partition coefficient (Wildman–Crippen LogP) is 5.03. The van der Waals surface area contributed by atoms with E-state index in [1.54, 1.807) is 24.6 Å². The third kappa shape index (κ3) is 7.32. The van der Waals surface area contributed by atoms with Gasteiger partial charge in [-0.3, -0.25) is 9.52 Å². The molecule has 0 bridgehead atoms. The van der Waals surface area contributed by atoms with E-state index in [4.69, 9.17) is 9.47 Å². The Morgan fingerprint density at radius 3 is 2.56 bits per heavy atom. The molecule has 8 nitrogen and oxygen atoms in total. The average Bonchev–Trinajstić information content (AvgIpc) is 3.30. The van der Waals surface area contributed by atoms with Gasteiger partial charge in [0.1, 0.15) is 0 Å². The number of carbonyl (C=O) groups is 1. The number of thiazole rings is 1. The van der Waals surface area contributed by atoms with Crippen LogP contribution < -0.4 is 19.5 Å². The zero-order valence-corrected chi connectivity index (χ0v) is 20.8. The number of nitrogens with zero attached hydrogens (tertiary/aromatic N) is 1. The molecular formula is C24H27N3O5S2. The summed E-state index contributed by atoms with van der Waals surface area (Å²) < 4.78 is 38.4. The smallest absolute Gasteiger partial charge is 0.263 e. The Kier molecular flexibility index (Phi) is 8.67. The summed E-state index contributed by atoms with van der Waals surface area (Å²) in [5.41, 5.74) is 1.24. The highest BCUT2D eigenvalue weighted by Crippen LogP contribution is 2.29. The SMILES string of the molecule is COc1cc(C=CC(=O)Nc2ccc(S(=O)(=O)Nc3nccs3)cc2)ccc1OCCC(C)C. The van der Waals surface area contributed by atoms with E-state index in [0.29, 0.717) is 29.7 Å². The summed E-state index contributed by atoms with van der Waals surface area (Å²) in [5.74, 6) is 1.44. The van der Waals surface area contributed by atoms with Crippen LogP contribution in [0.25, 0.3) is 6.08 Å². The number of anilines is 2. The number of rotatable bonds is 11. The van der Waals surface area contributed by atoms with Gasteiger partial charge in [0.25, 0.3) is 10.0 Å². The van der Waals surface area contributed by atoms with E-state index in [9.17, 15) is 13.2 Å². The van der Waals surface area contributed by atoms with Gasteiger partial charge < -0.3 is 14.8 Å². The number of sulfonamides is 1. The van der Waals surface area contributed by atoms with Crippen molar-refractivity contribution in [3.8, 4) is 11.5 Å². The van der Waals surface area contributed by atoms with Gasteiger partial charge in [0.2, 0.25) is 5.91 Å². The van der Waals surface area contributed by atoms with Crippen LogP contribution in [0.1, 0.15) is 25.8 Å². The lowest BCUT2D eigenvalue weighted by atomic mass is 10.1. The predicted molar refractivity (Wildman–Crippen MR) is 135 cm³/mol. The topological polar surface area (TPSA) is 107 Å². The molecule has 3 aromatic rings. The van der Waals surface area contributed by atoms with Gasteiger partial charge in [-0.25, -0.2) is 13.4 Å². The second-order valence-electron chi connectivity index (χ2n) is 7.73. The van der Waals surface area contributed by atoms with Crippen molar-refractivity contribution in [2.45, 2.75) is 25.2 Å². The summed E-state index contributed by atoms with van der Waals surface area (Å²) in [4.78, 5) is 16.3. The van der Waals surface area contributed by atoms with Crippen LogP contribution in [-0.2, 0) is 14.8 Å². The highest BCUT2D eigenvalue weighted by atomic mass is 32.2. The van der Waals surface area contributed by atoms with E-state index in [0.717, 1.165) is 12.0 Å². The Balaban J connectivity index is 1.59. The highest BCUT2D eigenvalue weighted by molar-refractivity contribution is 7.93. The molecule has 0 aliphatic carbocycles. The molecule has 0 spiro atoms. The van der Waals surface area contributed by atoms with Crippen LogP contribution in [0, 0.1) is 5.92 Å². The van der Waals surface area contributed by atoms with Crippen LogP contribution in [0.3, 0.4) is 0 Å². The molecule has 0 radical (unpaired) electrons. The van der Waals surface area contributed by atoms with Crippen LogP contribution >= 0.6 is 11.3 Å². The van der Waals surface area contributed by atoms with Gasteiger partial charge >= 0.3 is 0 Å². The third-order valence-electron chi connectivity index (χ3n) is 4.65. The summed E-state index contributed by atoms with van der Waals surface area (Å²) in [6.45, 7) is 4.88. The Labute approximate surface area is 203 Å². The van der Waals surface area contributed by atoms with Crippen molar-refractivity contribution in [1.29, 1.82) is 0 Å². The fourth-order valence-electron chi connectivity index (χ4n) is 2.83. The van der Waals surface area contributed by atoms with Crippen LogP contribution in [0.5, 0.6) is 11.5 Å². The zero-order valence-electron chi connectivity index (χ0n) is 19.1. The third-order valence-corrected chi connectivity index (χ3v) is 6.83. The molecule has 0 fully saturated rings. The Bertz CT molecular complexity index is 1220. The molecular weight excluding hydrogens is 474 g/mol. The fraction of sp³-hybridized carbons (Fsp3) is 0.250. The van der Waals surface area contributed by atoms with Crippen molar-refractivity contribution in [1.82, 2.24) is 4.98 Å². The molecule has 0 aliphatic heterocycles. The lowest BCUT2D eigenvalue weighted by Crippen LogP contribution is -2.13. The Morgan fingerprint density at radius 2 is 1.91 bits per heavy atom. The molecule has 10 heteroatoms. The lowest BCUT2D eigenvalue weighted by Gasteiger charge is -2.12. The van der Waals surface area contributed by atoms with Crippen LogP contribution in [0.2, 0.25) is 0 Å². The molecule has 0 atom stereocenters. The van der Waals surface area contributed by atoms with Crippen LogP contribution in [0.15, 0.2) is 65.0 Å². The molecule has 3 rings (SSSR count). The van der Waals surface area contributed by atoms with Gasteiger partial charge in [-0.1, -0.05) is 19.9 Å². The minimum absolute atomic E-state index is 0.0686. The summed E-state index contributed by atoms with van der Waals surface area (Å²) in [5, 5.41) is 4.67. The molecule has 1 aromatic heterocycles. The second kappa shape index (κ2) is 11.7. The fourth-order valence-corrected chi connectivity index (χ4v) is 4.62. The van der Waals surface area contributed by atoms with Crippen molar-refractivity contribution in [2.24, 2.45) is 5.92 Å². The molecule has 34 heavy (non-hydrogen) atoms. The molecule has 0 saturated heterocycles. The molecule has 2 N–H and O–H groups in total. The van der Waals surface area contributed by atoms with Crippen molar-refractivity contribution in [2.75, 3.05) is 23.8 Å². The number of ether oxygens (including phenoxy) is 2. The van der Waals surface area contributed by atoms with Gasteiger partial charge in [-0.05, 0) is 60.4 Å². The number of nitrogens with one attached hydrogen (secondary N) is 2. The molecule has 0 aliphatic rings. The number of amides is 1. The minimum Gasteiger partial charge on any atom is -0.493 e. The maximum Gasteiger partial charge on any atom is 0.263 e. The van der Waals surface area contributed by atoms with Crippen molar-refractivity contribution < 1.29 is 22.7 Å². The number of methoxy groups -OCH3 is 1. The van der Waals surface area contributed by atoms with E-state index < -0.39 is 10.0 Å². The number of carbonyl (C=O) groups excluding carboxylic acids is 1. The maximum absolute atomic E-state index is 12.4. The second-order valence-corrected chi connectivity index (χ2v) is 10.3. The number of hydrogen-bond donors (Lipinski definition) is 2. The van der Waals surface area contributed by atoms with Crippen molar-refractivity contribution >= 4 is 44.2 Å². The van der Waals surface area contributed by atoms with Crippen molar-refractivity contribution in [3.63, 3.8) is 0 Å². The summed E-state index contributed by atoms with van der Waals surface area (Å²) >= 11 is 1.19. The summed E-state index contributed by atoms with van der Waals surface area (Å²) in [6, 6.07) is 11.3. The standard InChI is InChI=1S/C24H27N3O5S2/c1-17(2)12-14-32-21-10-4-18(16-22(21)31-3)5-11-23(28)26-19-6-8-20(9-7-19)34(29,30)27-24-25-13-15-33-24/h4-11,13,15-17H,12,14H2,1-3H3,(H,25,27)(H,26,28). The normalized spacial score (nSPS) is 11.5. The molecule has 2 aromatic carbocycles. The molecule has 1 amide bonds. The lowest BCUT2D eigenvalue weighted by molar-refractivity contribution is -0.111. The quantitative estimate of drug-likeness (QED) is 0.357. The van der Waals surface area contributed by atoms with Gasteiger partial charge in [-0.15, -0.1) is 11.3 Å². The van der Waals surface area contributed by atoms with Crippen LogP contribution in [0.4, 0.5) is 10.8 Å². The highest BCUT2D eigenvalue weighted by Gasteiger charge is 2.15. The Morgan fingerprint density at radius 1 is 1.15 bits per heavy atom.